The Morgan fingerprint density at radius 1 is 1.33 bits per heavy atom. The standard InChI is InChI=1S/C13H22O2/c1-2-3-4-5-6-7-9-12-10-8-11-15-13(12)14/h2,12H,1,3-11H2. The largest absolute Gasteiger partial charge is 0.465 e. The molecule has 1 aliphatic rings. The fraction of sp³-hybridized carbons (Fsp3) is 0.769. The molecule has 0 radical (unpaired) electrons. The number of rotatable bonds is 7. The zero-order valence-corrected chi connectivity index (χ0v) is 9.54. The smallest absolute Gasteiger partial charge is 0.308 e. The number of hydrogen-bond acceptors (Lipinski definition) is 2. The zero-order valence-electron chi connectivity index (χ0n) is 9.54. The molecule has 0 aromatic heterocycles. The molecule has 1 saturated heterocycles. The van der Waals surface area contributed by atoms with Gasteiger partial charge in [-0.1, -0.05) is 25.3 Å². The van der Waals surface area contributed by atoms with Crippen molar-refractivity contribution in [2.24, 2.45) is 5.92 Å². The van der Waals surface area contributed by atoms with E-state index < -0.39 is 0 Å². The summed E-state index contributed by atoms with van der Waals surface area (Å²) in [5, 5.41) is 0. The highest BCUT2D eigenvalue weighted by molar-refractivity contribution is 5.72. The van der Waals surface area contributed by atoms with Gasteiger partial charge in [0.25, 0.3) is 0 Å². The minimum Gasteiger partial charge on any atom is -0.465 e. The van der Waals surface area contributed by atoms with E-state index in [1.54, 1.807) is 0 Å². The predicted octanol–water partition coefficient (Wildman–Crippen LogP) is 3.47. The quantitative estimate of drug-likeness (QED) is 0.365. The lowest BCUT2D eigenvalue weighted by Crippen LogP contribution is -2.23. The van der Waals surface area contributed by atoms with E-state index in [4.69, 9.17) is 4.74 Å². The van der Waals surface area contributed by atoms with Crippen LogP contribution in [0.3, 0.4) is 0 Å². The SMILES string of the molecule is C=CCCCCCCC1CCCOC1=O. The van der Waals surface area contributed by atoms with Crippen LogP contribution in [-0.2, 0) is 9.53 Å². The molecule has 0 aromatic carbocycles. The maximum Gasteiger partial charge on any atom is 0.308 e. The van der Waals surface area contributed by atoms with Crippen LogP contribution in [0.4, 0.5) is 0 Å². The van der Waals surface area contributed by atoms with Gasteiger partial charge in [0.15, 0.2) is 0 Å². The van der Waals surface area contributed by atoms with Crippen LogP contribution in [-0.4, -0.2) is 12.6 Å². The summed E-state index contributed by atoms with van der Waals surface area (Å²) in [6.07, 6.45) is 11.1. The third-order valence-corrected chi connectivity index (χ3v) is 2.99. The van der Waals surface area contributed by atoms with Gasteiger partial charge in [-0.05, 0) is 32.1 Å². The van der Waals surface area contributed by atoms with Crippen molar-refractivity contribution in [2.75, 3.05) is 6.61 Å². The van der Waals surface area contributed by atoms with Crippen molar-refractivity contribution in [1.82, 2.24) is 0 Å². The first kappa shape index (κ1) is 12.3. The Kier molecular flexibility index (Phi) is 6.14. The first-order valence-electron chi connectivity index (χ1n) is 6.12. The fourth-order valence-corrected chi connectivity index (χ4v) is 2.03. The molecule has 1 fully saturated rings. The van der Waals surface area contributed by atoms with Crippen molar-refractivity contribution < 1.29 is 9.53 Å². The number of cyclic esters (lactones) is 1. The third kappa shape index (κ3) is 5.01. The summed E-state index contributed by atoms with van der Waals surface area (Å²) < 4.78 is 5.03. The lowest BCUT2D eigenvalue weighted by atomic mass is 9.94. The van der Waals surface area contributed by atoms with Crippen molar-refractivity contribution in [3.63, 3.8) is 0 Å². The fourth-order valence-electron chi connectivity index (χ4n) is 2.03. The van der Waals surface area contributed by atoms with Crippen LogP contribution in [0.15, 0.2) is 12.7 Å². The van der Waals surface area contributed by atoms with E-state index in [9.17, 15) is 4.79 Å². The average molecular weight is 210 g/mol. The van der Waals surface area contributed by atoms with Gasteiger partial charge in [0.1, 0.15) is 0 Å². The van der Waals surface area contributed by atoms with Gasteiger partial charge in [0.05, 0.1) is 12.5 Å². The Hall–Kier alpha value is -0.790. The molecular weight excluding hydrogens is 188 g/mol. The molecule has 0 bridgehead atoms. The van der Waals surface area contributed by atoms with Crippen molar-refractivity contribution >= 4 is 5.97 Å². The number of ether oxygens (including phenoxy) is 1. The van der Waals surface area contributed by atoms with E-state index >= 15 is 0 Å². The highest BCUT2D eigenvalue weighted by Gasteiger charge is 2.22. The minimum absolute atomic E-state index is 0.0346. The Bertz CT molecular complexity index is 199. The number of allylic oxidation sites excluding steroid dienone is 1. The second kappa shape index (κ2) is 7.49. The molecule has 1 atom stereocenters. The van der Waals surface area contributed by atoms with Gasteiger partial charge >= 0.3 is 5.97 Å². The third-order valence-electron chi connectivity index (χ3n) is 2.99. The van der Waals surface area contributed by atoms with Crippen LogP contribution in [0.1, 0.15) is 51.4 Å². The maximum absolute atomic E-state index is 11.3. The minimum atomic E-state index is 0.0346. The van der Waals surface area contributed by atoms with Gasteiger partial charge in [-0.3, -0.25) is 4.79 Å². The number of carbonyl (C=O) groups excluding carboxylic acids is 1. The zero-order chi connectivity index (χ0) is 10.9. The van der Waals surface area contributed by atoms with Gasteiger partial charge in [-0.25, -0.2) is 0 Å². The topological polar surface area (TPSA) is 26.3 Å². The predicted molar refractivity (Wildman–Crippen MR) is 61.6 cm³/mol. The summed E-state index contributed by atoms with van der Waals surface area (Å²) in [5.74, 6) is 0.227. The molecule has 2 heteroatoms. The second-order valence-electron chi connectivity index (χ2n) is 4.29. The van der Waals surface area contributed by atoms with Gasteiger partial charge in [0.2, 0.25) is 0 Å². The normalized spacial score (nSPS) is 21.1. The van der Waals surface area contributed by atoms with E-state index in [1.165, 1.54) is 19.3 Å². The number of hydrogen-bond donors (Lipinski definition) is 0. The average Bonchev–Trinajstić information content (AvgIpc) is 2.25. The first-order valence-corrected chi connectivity index (χ1v) is 6.12. The van der Waals surface area contributed by atoms with Crippen LogP contribution in [0, 0.1) is 5.92 Å². The number of unbranched alkanes of at least 4 members (excludes halogenated alkanes) is 4. The van der Waals surface area contributed by atoms with E-state index in [1.807, 2.05) is 6.08 Å². The Morgan fingerprint density at radius 3 is 2.87 bits per heavy atom. The molecule has 0 amide bonds. The van der Waals surface area contributed by atoms with Gasteiger partial charge in [-0.15, -0.1) is 6.58 Å². The van der Waals surface area contributed by atoms with Gasteiger partial charge in [-0.2, -0.15) is 0 Å². The molecule has 1 rings (SSSR count). The molecule has 0 N–H and O–H groups in total. The summed E-state index contributed by atoms with van der Waals surface area (Å²) in [4.78, 5) is 11.3. The maximum atomic E-state index is 11.3. The van der Waals surface area contributed by atoms with E-state index in [0.717, 1.165) is 32.1 Å². The summed E-state index contributed by atoms with van der Waals surface area (Å²) in [5.41, 5.74) is 0. The Morgan fingerprint density at radius 2 is 2.13 bits per heavy atom. The lowest BCUT2D eigenvalue weighted by Gasteiger charge is -2.20. The molecular formula is C13H22O2. The van der Waals surface area contributed by atoms with Crippen LogP contribution in [0.2, 0.25) is 0 Å². The molecule has 0 spiro atoms. The molecule has 0 saturated carbocycles. The summed E-state index contributed by atoms with van der Waals surface area (Å²) in [6, 6.07) is 0. The summed E-state index contributed by atoms with van der Waals surface area (Å²) in [6.45, 7) is 4.33. The molecule has 1 heterocycles. The van der Waals surface area contributed by atoms with Crippen molar-refractivity contribution in [3.05, 3.63) is 12.7 Å². The van der Waals surface area contributed by atoms with Crippen molar-refractivity contribution in [1.29, 1.82) is 0 Å². The Balaban J connectivity index is 1.98. The van der Waals surface area contributed by atoms with Gasteiger partial charge < -0.3 is 4.74 Å². The number of carbonyl (C=O) groups is 1. The molecule has 1 aliphatic heterocycles. The van der Waals surface area contributed by atoms with E-state index in [2.05, 4.69) is 6.58 Å². The van der Waals surface area contributed by atoms with Crippen LogP contribution in [0.5, 0.6) is 0 Å². The molecule has 0 aromatic rings. The van der Waals surface area contributed by atoms with Crippen LogP contribution in [0.25, 0.3) is 0 Å². The van der Waals surface area contributed by atoms with Crippen LogP contribution >= 0.6 is 0 Å². The highest BCUT2D eigenvalue weighted by Crippen LogP contribution is 2.21. The van der Waals surface area contributed by atoms with Crippen molar-refractivity contribution in [2.45, 2.75) is 51.4 Å². The highest BCUT2D eigenvalue weighted by atomic mass is 16.5. The van der Waals surface area contributed by atoms with Crippen LogP contribution < -0.4 is 0 Å². The molecule has 15 heavy (non-hydrogen) atoms. The molecule has 1 unspecified atom stereocenters. The summed E-state index contributed by atoms with van der Waals surface area (Å²) >= 11 is 0. The lowest BCUT2D eigenvalue weighted by molar-refractivity contribution is -0.153. The van der Waals surface area contributed by atoms with Crippen molar-refractivity contribution in [3.8, 4) is 0 Å². The molecule has 2 nitrogen and oxygen atoms in total. The second-order valence-corrected chi connectivity index (χ2v) is 4.29. The molecule has 0 aliphatic carbocycles. The van der Waals surface area contributed by atoms with E-state index in [-0.39, 0.29) is 11.9 Å². The number of esters is 1. The first-order chi connectivity index (χ1) is 7.34. The monoisotopic (exact) mass is 210 g/mol. The molecule has 86 valence electrons. The summed E-state index contributed by atoms with van der Waals surface area (Å²) in [7, 11) is 0. The van der Waals surface area contributed by atoms with Gasteiger partial charge in [0, 0.05) is 0 Å². The van der Waals surface area contributed by atoms with E-state index in [0.29, 0.717) is 6.61 Å². The Labute approximate surface area is 92.7 Å².